The lowest BCUT2D eigenvalue weighted by Crippen LogP contribution is -2.21. The molecule has 0 saturated carbocycles. The SMILES string of the molecule is Cc1ccc2c(c1)Cc1ccccc1N2c1cccc2c1CCCC2. The summed E-state index contributed by atoms with van der Waals surface area (Å²) >= 11 is 0. The van der Waals surface area contributed by atoms with E-state index in [4.69, 9.17) is 0 Å². The zero-order valence-electron chi connectivity index (χ0n) is 14.8. The van der Waals surface area contributed by atoms with Crippen molar-refractivity contribution in [1.29, 1.82) is 0 Å². The monoisotopic (exact) mass is 325 g/mol. The van der Waals surface area contributed by atoms with Crippen LogP contribution in [0.4, 0.5) is 17.1 Å². The molecule has 2 aliphatic rings. The van der Waals surface area contributed by atoms with Crippen molar-refractivity contribution < 1.29 is 0 Å². The molecular weight excluding hydrogens is 302 g/mol. The number of hydrogen-bond acceptors (Lipinski definition) is 1. The van der Waals surface area contributed by atoms with E-state index in [1.165, 1.54) is 59.4 Å². The molecule has 0 amide bonds. The lowest BCUT2D eigenvalue weighted by molar-refractivity contribution is 0.685. The number of anilines is 3. The lowest BCUT2D eigenvalue weighted by Gasteiger charge is -2.36. The van der Waals surface area contributed by atoms with Gasteiger partial charge in [-0.15, -0.1) is 0 Å². The van der Waals surface area contributed by atoms with Gasteiger partial charge in [-0.05, 0) is 73.1 Å². The van der Waals surface area contributed by atoms with Crippen LogP contribution >= 0.6 is 0 Å². The smallest absolute Gasteiger partial charge is 0.0497 e. The first kappa shape index (κ1) is 14.8. The molecule has 3 aromatic carbocycles. The minimum atomic E-state index is 1.03. The third kappa shape index (κ3) is 2.38. The van der Waals surface area contributed by atoms with Crippen molar-refractivity contribution in [3.8, 4) is 0 Å². The molecule has 0 N–H and O–H groups in total. The minimum Gasteiger partial charge on any atom is -0.310 e. The van der Waals surface area contributed by atoms with Crippen molar-refractivity contribution in [1.82, 2.24) is 0 Å². The topological polar surface area (TPSA) is 3.24 Å². The number of para-hydroxylation sites is 1. The maximum Gasteiger partial charge on any atom is 0.0497 e. The number of hydrogen-bond donors (Lipinski definition) is 0. The van der Waals surface area contributed by atoms with E-state index >= 15 is 0 Å². The molecule has 0 atom stereocenters. The first-order chi connectivity index (χ1) is 12.3. The molecule has 25 heavy (non-hydrogen) atoms. The first-order valence-corrected chi connectivity index (χ1v) is 9.39. The Morgan fingerprint density at radius 1 is 0.680 bits per heavy atom. The van der Waals surface area contributed by atoms with Gasteiger partial charge in [0, 0.05) is 23.5 Å². The molecule has 0 unspecified atom stereocenters. The molecule has 0 saturated heterocycles. The van der Waals surface area contributed by atoms with E-state index in [0.29, 0.717) is 0 Å². The normalized spacial score (nSPS) is 15.3. The van der Waals surface area contributed by atoms with Crippen LogP contribution in [0.1, 0.15) is 40.7 Å². The zero-order chi connectivity index (χ0) is 16.8. The Bertz CT molecular complexity index is 954. The summed E-state index contributed by atoms with van der Waals surface area (Å²) in [5.41, 5.74) is 11.4. The van der Waals surface area contributed by atoms with E-state index in [9.17, 15) is 0 Å². The number of fused-ring (bicyclic) bond motifs is 3. The first-order valence-electron chi connectivity index (χ1n) is 9.39. The Labute approximate surface area is 149 Å². The second-order valence-electron chi connectivity index (χ2n) is 7.39. The van der Waals surface area contributed by atoms with Gasteiger partial charge in [-0.25, -0.2) is 0 Å². The van der Waals surface area contributed by atoms with Crippen LogP contribution in [0.15, 0.2) is 60.7 Å². The van der Waals surface area contributed by atoms with Gasteiger partial charge in [-0.1, -0.05) is 48.0 Å². The highest BCUT2D eigenvalue weighted by atomic mass is 15.2. The van der Waals surface area contributed by atoms with Crippen LogP contribution in [-0.2, 0) is 19.3 Å². The summed E-state index contributed by atoms with van der Waals surface area (Å²) in [6, 6.07) is 22.7. The second kappa shape index (κ2) is 5.77. The van der Waals surface area contributed by atoms with Crippen molar-refractivity contribution in [3.05, 3.63) is 88.5 Å². The van der Waals surface area contributed by atoms with E-state index in [1.807, 2.05) is 0 Å². The summed E-state index contributed by atoms with van der Waals surface area (Å²) in [6.45, 7) is 2.19. The maximum absolute atomic E-state index is 2.51. The van der Waals surface area contributed by atoms with Crippen molar-refractivity contribution in [3.63, 3.8) is 0 Å². The van der Waals surface area contributed by atoms with Crippen LogP contribution in [-0.4, -0.2) is 0 Å². The van der Waals surface area contributed by atoms with E-state index in [1.54, 1.807) is 11.1 Å². The predicted octanol–water partition coefficient (Wildman–Crippen LogP) is 6.25. The van der Waals surface area contributed by atoms with Crippen molar-refractivity contribution in [2.24, 2.45) is 0 Å². The van der Waals surface area contributed by atoms with Crippen LogP contribution in [0.3, 0.4) is 0 Å². The maximum atomic E-state index is 2.51. The Hall–Kier alpha value is -2.54. The van der Waals surface area contributed by atoms with Crippen LogP contribution in [0.2, 0.25) is 0 Å². The summed E-state index contributed by atoms with van der Waals surface area (Å²) in [5.74, 6) is 0. The highest BCUT2D eigenvalue weighted by molar-refractivity contribution is 5.85. The van der Waals surface area contributed by atoms with Gasteiger partial charge < -0.3 is 4.90 Å². The minimum absolute atomic E-state index is 1.03. The molecule has 1 heterocycles. The fraction of sp³-hybridized carbons (Fsp3) is 0.250. The van der Waals surface area contributed by atoms with Gasteiger partial charge >= 0.3 is 0 Å². The van der Waals surface area contributed by atoms with Gasteiger partial charge in [0.25, 0.3) is 0 Å². The zero-order valence-corrected chi connectivity index (χ0v) is 14.8. The summed E-state index contributed by atoms with van der Waals surface area (Å²) in [5, 5.41) is 0. The number of benzene rings is 3. The molecule has 5 rings (SSSR count). The van der Waals surface area contributed by atoms with Gasteiger partial charge in [0.05, 0.1) is 0 Å². The second-order valence-corrected chi connectivity index (χ2v) is 7.39. The average Bonchev–Trinajstić information content (AvgIpc) is 2.65. The van der Waals surface area contributed by atoms with Gasteiger partial charge in [0.1, 0.15) is 0 Å². The molecule has 3 aromatic rings. The quantitative estimate of drug-likeness (QED) is 0.400. The van der Waals surface area contributed by atoms with Gasteiger partial charge in [0.15, 0.2) is 0 Å². The lowest BCUT2D eigenvalue weighted by atomic mass is 9.88. The fourth-order valence-corrected chi connectivity index (χ4v) is 4.52. The number of nitrogens with zero attached hydrogens (tertiary/aromatic N) is 1. The highest BCUT2D eigenvalue weighted by Crippen LogP contribution is 2.46. The van der Waals surface area contributed by atoms with Crippen LogP contribution in [0.25, 0.3) is 0 Å². The standard InChI is InChI=1S/C24H23N/c1-17-13-14-23-20(15-17)16-19-8-3-5-11-22(19)25(23)24-12-6-9-18-7-2-4-10-21(18)24/h3,5-6,8-9,11-15H,2,4,7,10,16H2,1H3. The largest absolute Gasteiger partial charge is 0.310 e. The van der Waals surface area contributed by atoms with Crippen LogP contribution < -0.4 is 4.90 Å². The Kier molecular flexibility index (Phi) is 3.41. The molecule has 0 fully saturated rings. The summed E-state index contributed by atoms with van der Waals surface area (Å²) in [6.07, 6.45) is 6.08. The highest BCUT2D eigenvalue weighted by Gasteiger charge is 2.26. The fourth-order valence-electron chi connectivity index (χ4n) is 4.52. The van der Waals surface area contributed by atoms with Crippen molar-refractivity contribution in [2.75, 3.05) is 4.90 Å². The Balaban J connectivity index is 1.77. The summed E-state index contributed by atoms with van der Waals surface area (Å²) < 4.78 is 0. The van der Waals surface area contributed by atoms with Crippen LogP contribution in [0.5, 0.6) is 0 Å². The molecule has 0 aromatic heterocycles. The molecule has 124 valence electrons. The third-order valence-corrected chi connectivity index (χ3v) is 5.70. The van der Waals surface area contributed by atoms with E-state index in [-0.39, 0.29) is 0 Å². The van der Waals surface area contributed by atoms with Crippen molar-refractivity contribution in [2.45, 2.75) is 39.0 Å². The van der Waals surface area contributed by atoms with E-state index in [2.05, 4.69) is 72.5 Å². The Morgan fingerprint density at radius 2 is 1.44 bits per heavy atom. The molecule has 1 heteroatoms. The van der Waals surface area contributed by atoms with Gasteiger partial charge in [0.2, 0.25) is 0 Å². The van der Waals surface area contributed by atoms with E-state index < -0.39 is 0 Å². The molecule has 0 bridgehead atoms. The molecule has 1 aliphatic carbocycles. The van der Waals surface area contributed by atoms with E-state index in [0.717, 1.165) is 6.42 Å². The summed E-state index contributed by atoms with van der Waals surface area (Å²) in [4.78, 5) is 2.51. The van der Waals surface area contributed by atoms with Gasteiger partial charge in [-0.3, -0.25) is 0 Å². The van der Waals surface area contributed by atoms with Crippen LogP contribution in [0, 0.1) is 6.92 Å². The molecule has 1 aliphatic heterocycles. The summed E-state index contributed by atoms with van der Waals surface area (Å²) in [7, 11) is 0. The van der Waals surface area contributed by atoms with Crippen molar-refractivity contribution >= 4 is 17.1 Å². The molecule has 0 radical (unpaired) electrons. The Morgan fingerprint density at radius 3 is 2.40 bits per heavy atom. The molecular formula is C24H23N. The molecule has 1 nitrogen and oxygen atoms in total. The van der Waals surface area contributed by atoms with Gasteiger partial charge in [-0.2, -0.15) is 0 Å². The predicted molar refractivity (Wildman–Crippen MR) is 105 cm³/mol. The third-order valence-electron chi connectivity index (χ3n) is 5.70. The average molecular weight is 325 g/mol. The molecule has 0 spiro atoms. The number of rotatable bonds is 1. The number of aryl methyl sites for hydroxylation is 2.